The SMILES string of the molecule is CNS(=O)(=O)c1ccc([N+](=O)[O-])cc1C[C@H](N)c1ccc(F)c(Cl)c1.Cl. The summed E-state index contributed by atoms with van der Waals surface area (Å²) in [5.74, 6) is -0.605. The van der Waals surface area contributed by atoms with E-state index in [-0.39, 0.29) is 40.0 Å². The smallest absolute Gasteiger partial charge is 0.269 e. The van der Waals surface area contributed by atoms with Gasteiger partial charge in [0.1, 0.15) is 5.82 Å². The maximum Gasteiger partial charge on any atom is 0.269 e. The molecule has 2 rings (SSSR count). The number of rotatable bonds is 6. The summed E-state index contributed by atoms with van der Waals surface area (Å²) in [4.78, 5) is 10.2. The molecule has 2 aromatic rings. The molecule has 0 radical (unpaired) electrons. The van der Waals surface area contributed by atoms with Gasteiger partial charge in [-0.15, -0.1) is 12.4 Å². The highest BCUT2D eigenvalue weighted by Crippen LogP contribution is 2.27. The van der Waals surface area contributed by atoms with Crippen LogP contribution in [0.15, 0.2) is 41.3 Å². The molecule has 2 aromatic carbocycles. The first kappa shape index (κ1) is 22.3. The normalized spacial score (nSPS) is 12.3. The van der Waals surface area contributed by atoms with E-state index in [2.05, 4.69) is 4.72 Å². The second kappa shape index (κ2) is 8.74. The number of nitro groups is 1. The number of hydrogen-bond donors (Lipinski definition) is 2. The fourth-order valence-corrected chi connectivity index (χ4v) is 3.45. The summed E-state index contributed by atoms with van der Waals surface area (Å²) >= 11 is 5.73. The third-order valence-electron chi connectivity index (χ3n) is 3.62. The Balaban J connectivity index is 0.00000338. The van der Waals surface area contributed by atoms with Crippen LogP contribution in [0.3, 0.4) is 0 Å². The van der Waals surface area contributed by atoms with E-state index in [4.69, 9.17) is 17.3 Å². The van der Waals surface area contributed by atoms with Gasteiger partial charge in [-0.1, -0.05) is 17.7 Å². The Morgan fingerprint density at radius 1 is 1.31 bits per heavy atom. The molecule has 0 heterocycles. The number of nitrogens with one attached hydrogen (secondary N) is 1. The van der Waals surface area contributed by atoms with Crippen LogP contribution < -0.4 is 10.5 Å². The first-order chi connectivity index (χ1) is 11.7. The van der Waals surface area contributed by atoms with E-state index in [9.17, 15) is 22.9 Å². The van der Waals surface area contributed by atoms with Crippen molar-refractivity contribution in [2.45, 2.75) is 17.4 Å². The number of halogens is 3. The molecular weight excluding hydrogens is 408 g/mol. The summed E-state index contributed by atoms with van der Waals surface area (Å²) in [5, 5.41) is 10.9. The minimum Gasteiger partial charge on any atom is -0.324 e. The average Bonchev–Trinajstić information content (AvgIpc) is 2.56. The lowest BCUT2D eigenvalue weighted by atomic mass is 9.99. The first-order valence-electron chi connectivity index (χ1n) is 7.07. The number of sulfonamides is 1. The molecule has 7 nitrogen and oxygen atoms in total. The van der Waals surface area contributed by atoms with Crippen molar-refractivity contribution in [1.82, 2.24) is 4.72 Å². The molecule has 0 aliphatic heterocycles. The number of nitro benzene ring substituents is 1. The maximum absolute atomic E-state index is 13.3. The average molecular weight is 424 g/mol. The van der Waals surface area contributed by atoms with Gasteiger partial charge in [0, 0.05) is 18.2 Å². The zero-order valence-electron chi connectivity index (χ0n) is 13.5. The molecule has 0 saturated heterocycles. The van der Waals surface area contributed by atoms with E-state index in [0.29, 0.717) is 5.56 Å². The standard InChI is InChI=1S/C15H15ClFN3O4S.ClH/c1-19-25(23,24)15-5-3-11(20(21)22)6-10(15)8-14(18)9-2-4-13(17)12(16)7-9;/h2-7,14,19H,8,18H2,1H3;1H/t14-;/m0./s1. The summed E-state index contributed by atoms with van der Waals surface area (Å²) in [7, 11) is -2.59. The molecule has 11 heteroatoms. The third kappa shape index (κ3) is 4.89. The molecule has 1 atom stereocenters. The van der Waals surface area contributed by atoms with Crippen molar-refractivity contribution in [1.29, 1.82) is 0 Å². The van der Waals surface area contributed by atoms with Crippen molar-refractivity contribution in [3.05, 3.63) is 68.5 Å². The van der Waals surface area contributed by atoms with Gasteiger partial charge in [0.15, 0.2) is 0 Å². The predicted molar refractivity (Wildman–Crippen MR) is 98.6 cm³/mol. The Bertz CT molecular complexity index is 925. The van der Waals surface area contributed by atoms with Gasteiger partial charge >= 0.3 is 0 Å². The van der Waals surface area contributed by atoms with Crippen LogP contribution in [0, 0.1) is 15.9 Å². The van der Waals surface area contributed by atoms with Gasteiger partial charge < -0.3 is 5.73 Å². The van der Waals surface area contributed by atoms with Gasteiger partial charge in [-0.3, -0.25) is 10.1 Å². The zero-order chi connectivity index (χ0) is 18.8. The third-order valence-corrected chi connectivity index (χ3v) is 5.43. The maximum atomic E-state index is 13.3. The Morgan fingerprint density at radius 2 is 1.96 bits per heavy atom. The highest BCUT2D eigenvalue weighted by atomic mass is 35.5. The van der Waals surface area contributed by atoms with Crippen LogP contribution >= 0.6 is 24.0 Å². The molecule has 0 aromatic heterocycles. The number of non-ortho nitro benzene ring substituents is 1. The van der Waals surface area contributed by atoms with E-state index < -0.39 is 26.8 Å². The number of nitrogens with two attached hydrogens (primary N) is 1. The molecule has 0 aliphatic carbocycles. The first-order valence-corrected chi connectivity index (χ1v) is 8.93. The van der Waals surface area contributed by atoms with Crippen LogP contribution in [0.1, 0.15) is 17.2 Å². The lowest BCUT2D eigenvalue weighted by molar-refractivity contribution is -0.385. The fourth-order valence-electron chi connectivity index (χ4n) is 2.31. The second-order valence-corrected chi connectivity index (χ2v) is 7.50. The van der Waals surface area contributed by atoms with Gasteiger partial charge in [0.2, 0.25) is 10.0 Å². The van der Waals surface area contributed by atoms with Crippen LogP contribution in [0.2, 0.25) is 5.02 Å². The van der Waals surface area contributed by atoms with Crippen molar-refractivity contribution < 1.29 is 17.7 Å². The van der Waals surface area contributed by atoms with Crippen molar-refractivity contribution in [3.8, 4) is 0 Å². The van der Waals surface area contributed by atoms with Crippen molar-refractivity contribution in [3.63, 3.8) is 0 Å². The summed E-state index contributed by atoms with van der Waals surface area (Å²) in [5.41, 5.74) is 6.46. The fraction of sp³-hybridized carbons (Fsp3) is 0.200. The van der Waals surface area contributed by atoms with E-state index in [0.717, 1.165) is 24.3 Å². The Morgan fingerprint density at radius 3 is 2.50 bits per heavy atom. The molecular formula is C15H16Cl2FN3O4S. The lowest BCUT2D eigenvalue weighted by Crippen LogP contribution is -2.22. The number of nitrogens with zero attached hydrogens (tertiary/aromatic N) is 1. The highest BCUT2D eigenvalue weighted by molar-refractivity contribution is 7.89. The molecule has 0 amide bonds. The topological polar surface area (TPSA) is 115 Å². The van der Waals surface area contributed by atoms with Crippen LogP contribution in [0.5, 0.6) is 0 Å². The summed E-state index contributed by atoms with van der Waals surface area (Å²) in [6.07, 6.45) is -0.0140. The second-order valence-electron chi connectivity index (χ2n) is 5.24. The van der Waals surface area contributed by atoms with E-state index in [1.807, 2.05) is 0 Å². The van der Waals surface area contributed by atoms with E-state index >= 15 is 0 Å². The van der Waals surface area contributed by atoms with Crippen LogP contribution in [0.25, 0.3) is 0 Å². The number of hydrogen-bond acceptors (Lipinski definition) is 5. The van der Waals surface area contributed by atoms with Crippen molar-refractivity contribution in [2.24, 2.45) is 5.73 Å². The predicted octanol–water partition coefficient (Wildman–Crippen LogP) is 2.96. The monoisotopic (exact) mass is 423 g/mol. The molecule has 3 N–H and O–H groups in total. The molecule has 0 unspecified atom stereocenters. The quantitative estimate of drug-likeness (QED) is 0.547. The molecule has 0 spiro atoms. The highest BCUT2D eigenvalue weighted by Gasteiger charge is 2.22. The minimum absolute atomic E-state index is 0. The summed E-state index contributed by atoms with van der Waals surface area (Å²) < 4.78 is 39.7. The zero-order valence-corrected chi connectivity index (χ0v) is 15.9. The minimum atomic E-state index is -3.83. The van der Waals surface area contributed by atoms with Gasteiger partial charge in [-0.05, 0) is 42.8 Å². The molecule has 0 fully saturated rings. The lowest BCUT2D eigenvalue weighted by Gasteiger charge is -2.15. The number of benzene rings is 2. The molecule has 26 heavy (non-hydrogen) atoms. The van der Waals surface area contributed by atoms with Gasteiger partial charge in [-0.2, -0.15) is 0 Å². The van der Waals surface area contributed by atoms with E-state index in [1.54, 1.807) is 0 Å². The summed E-state index contributed by atoms with van der Waals surface area (Å²) in [6.45, 7) is 0. The van der Waals surface area contributed by atoms with Crippen LogP contribution in [-0.4, -0.2) is 20.4 Å². The van der Waals surface area contributed by atoms with Crippen molar-refractivity contribution >= 4 is 39.7 Å². The van der Waals surface area contributed by atoms with Crippen LogP contribution in [0.4, 0.5) is 10.1 Å². The molecule has 0 saturated carbocycles. The van der Waals surface area contributed by atoms with Gasteiger partial charge in [0.25, 0.3) is 5.69 Å². The molecule has 142 valence electrons. The van der Waals surface area contributed by atoms with E-state index in [1.165, 1.54) is 19.2 Å². The van der Waals surface area contributed by atoms with Crippen LogP contribution in [-0.2, 0) is 16.4 Å². The Labute approximate surface area is 161 Å². The molecule has 0 bridgehead atoms. The largest absolute Gasteiger partial charge is 0.324 e. The Kier molecular flexibility index (Phi) is 7.48. The van der Waals surface area contributed by atoms with Crippen molar-refractivity contribution in [2.75, 3.05) is 7.05 Å². The Hall–Kier alpha value is -1.78. The molecule has 0 aliphatic rings. The summed E-state index contributed by atoms with van der Waals surface area (Å²) in [6, 6.07) is 6.61. The van der Waals surface area contributed by atoms with Gasteiger partial charge in [0.05, 0.1) is 14.8 Å². The van der Waals surface area contributed by atoms with Gasteiger partial charge in [-0.25, -0.2) is 17.5 Å².